The zero-order valence-corrected chi connectivity index (χ0v) is 8.54. The normalized spacial score (nSPS) is 25.6. The Morgan fingerprint density at radius 3 is 2.64 bits per heavy atom. The van der Waals surface area contributed by atoms with Gasteiger partial charge >= 0.3 is 0 Å². The van der Waals surface area contributed by atoms with E-state index in [4.69, 9.17) is 17.3 Å². The lowest BCUT2D eigenvalue weighted by molar-refractivity contribution is 0.279. The molecule has 4 nitrogen and oxygen atoms in total. The molecule has 0 saturated heterocycles. The van der Waals surface area contributed by atoms with Crippen molar-refractivity contribution in [1.29, 1.82) is 0 Å². The van der Waals surface area contributed by atoms with Crippen LogP contribution in [0.4, 0.5) is 5.95 Å². The maximum Gasteiger partial charge on any atom is 0.222 e. The molecule has 0 aliphatic heterocycles. The summed E-state index contributed by atoms with van der Waals surface area (Å²) in [6.45, 7) is 0.898. The monoisotopic (exact) mass is 212 g/mol. The number of nitrogens with one attached hydrogen (secondary N) is 1. The molecule has 0 atom stereocenters. The number of hydrogen-bond donors (Lipinski definition) is 2. The highest BCUT2D eigenvalue weighted by molar-refractivity contribution is 6.30. The molecule has 1 aliphatic carbocycles. The average molecular weight is 213 g/mol. The number of nitrogens with zero attached hydrogens (tertiary/aromatic N) is 2. The van der Waals surface area contributed by atoms with Gasteiger partial charge in [0, 0.05) is 12.6 Å². The Hall–Kier alpha value is -0.870. The predicted molar refractivity (Wildman–Crippen MR) is 56.2 cm³/mol. The standard InChI is InChI=1S/C9H13ClN4/c10-7-4-13-9(14-5-7)12-3-6-1-8(11)2-6/h4-6,8H,1-3,11H2,(H,12,13,14). The Labute approximate surface area is 87.9 Å². The van der Waals surface area contributed by atoms with Gasteiger partial charge in [-0.2, -0.15) is 0 Å². The minimum absolute atomic E-state index is 0.396. The average Bonchev–Trinajstić information content (AvgIpc) is 2.13. The van der Waals surface area contributed by atoms with Crippen LogP contribution in [0.1, 0.15) is 12.8 Å². The zero-order valence-electron chi connectivity index (χ0n) is 7.78. The van der Waals surface area contributed by atoms with Crippen molar-refractivity contribution in [2.24, 2.45) is 11.7 Å². The fraction of sp³-hybridized carbons (Fsp3) is 0.556. The smallest absolute Gasteiger partial charge is 0.222 e. The molecule has 0 radical (unpaired) electrons. The van der Waals surface area contributed by atoms with E-state index in [-0.39, 0.29) is 0 Å². The number of rotatable bonds is 3. The van der Waals surface area contributed by atoms with Crippen molar-refractivity contribution in [1.82, 2.24) is 9.97 Å². The van der Waals surface area contributed by atoms with Crippen molar-refractivity contribution in [3.63, 3.8) is 0 Å². The van der Waals surface area contributed by atoms with E-state index in [9.17, 15) is 0 Å². The molecule has 1 aromatic heterocycles. The van der Waals surface area contributed by atoms with Crippen LogP contribution in [-0.4, -0.2) is 22.6 Å². The van der Waals surface area contributed by atoms with Gasteiger partial charge in [0.15, 0.2) is 0 Å². The second-order valence-electron chi connectivity index (χ2n) is 3.70. The zero-order chi connectivity index (χ0) is 9.97. The molecule has 0 bridgehead atoms. The van der Waals surface area contributed by atoms with Crippen molar-refractivity contribution in [3.8, 4) is 0 Å². The Morgan fingerprint density at radius 1 is 1.43 bits per heavy atom. The van der Waals surface area contributed by atoms with Gasteiger partial charge in [-0.3, -0.25) is 0 Å². The van der Waals surface area contributed by atoms with Crippen LogP contribution in [0, 0.1) is 5.92 Å². The van der Waals surface area contributed by atoms with Crippen LogP contribution >= 0.6 is 11.6 Å². The second-order valence-corrected chi connectivity index (χ2v) is 4.14. The van der Waals surface area contributed by atoms with Crippen molar-refractivity contribution in [3.05, 3.63) is 17.4 Å². The van der Waals surface area contributed by atoms with Crippen LogP contribution in [0.25, 0.3) is 0 Å². The van der Waals surface area contributed by atoms with Gasteiger partial charge in [-0.25, -0.2) is 9.97 Å². The summed E-state index contributed by atoms with van der Waals surface area (Å²) in [4.78, 5) is 8.08. The van der Waals surface area contributed by atoms with Crippen LogP contribution in [0.3, 0.4) is 0 Å². The summed E-state index contributed by atoms with van der Waals surface area (Å²) in [5.74, 6) is 1.30. The van der Waals surface area contributed by atoms with Crippen LogP contribution in [0.2, 0.25) is 5.02 Å². The molecule has 2 rings (SSSR count). The first-order valence-electron chi connectivity index (χ1n) is 4.71. The van der Waals surface area contributed by atoms with Gasteiger partial charge in [-0.15, -0.1) is 0 Å². The summed E-state index contributed by atoms with van der Waals surface area (Å²) in [5, 5.41) is 3.71. The van der Waals surface area contributed by atoms with Crippen LogP contribution in [0.5, 0.6) is 0 Å². The van der Waals surface area contributed by atoms with Crippen LogP contribution in [0.15, 0.2) is 12.4 Å². The topological polar surface area (TPSA) is 63.8 Å². The molecule has 0 aromatic carbocycles. The molecule has 0 unspecified atom stereocenters. The third-order valence-electron chi connectivity index (χ3n) is 2.44. The van der Waals surface area contributed by atoms with Crippen molar-refractivity contribution >= 4 is 17.5 Å². The Kier molecular flexibility index (Phi) is 2.84. The van der Waals surface area contributed by atoms with E-state index in [1.165, 1.54) is 0 Å². The SMILES string of the molecule is NC1CC(CNc2ncc(Cl)cn2)C1. The van der Waals surface area contributed by atoms with Gasteiger partial charge in [0.1, 0.15) is 0 Å². The fourth-order valence-electron chi connectivity index (χ4n) is 1.59. The first kappa shape index (κ1) is 9.68. The van der Waals surface area contributed by atoms with Crippen LogP contribution < -0.4 is 11.1 Å². The number of hydrogen-bond acceptors (Lipinski definition) is 4. The minimum Gasteiger partial charge on any atom is -0.354 e. The van der Waals surface area contributed by atoms with Crippen molar-refractivity contribution in [2.45, 2.75) is 18.9 Å². The van der Waals surface area contributed by atoms with Gasteiger partial charge < -0.3 is 11.1 Å². The molecule has 5 heteroatoms. The van der Waals surface area contributed by atoms with Gasteiger partial charge in [0.25, 0.3) is 0 Å². The highest BCUT2D eigenvalue weighted by Gasteiger charge is 2.25. The number of anilines is 1. The molecule has 1 fully saturated rings. The van der Waals surface area contributed by atoms with E-state index in [1.54, 1.807) is 12.4 Å². The first-order valence-corrected chi connectivity index (χ1v) is 5.09. The minimum atomic E-state index is 0.396. The highest BCUT2D eigenvalue weighted by Crippen LogP contribution is 2.25. The van der Waals surface area contributed by atoms with E-state index in [0.29, 0.717) is 22.9 Å². The van der Waals surface area contributed by atoms with E-state index < -0.39 is 0 Å². The van der Waals surface area contributed by atoms with Gasteiger partial charge in [0.2, 0.25) is 5.95 Å². The number of aromatic nitrogens is 2. The Balaban J connectivity index is 1.78. The van der Waals surface area contributed by atoms with Gasteiger partial charge in [-0.05, 0) is 18.8 Å². The molecule has 76 valence electrons. The summed E-state index contributed by atoms with van der Waals surface area (Å²) >= 11 is 5.66. The molecule has 3 N–H and O–H groups in total. The molecule has 1 saturated carbocycles. The Morgan fingerprint density at radius 2 is 2.07 bits per heavy atom. The predicted octanol–water partition coefficient (Wildman–Crippen LogP) is 1.28. The molecular formula is C9H13ClN4. The van der Waals surface area contributed by atoms with E-state index in [2.05, 4.69) is 15.3 Å². The quantitative estimate of drug-likeness (QED) is 0.793. The lowest BCUT2D eigenvalue weighted by Gasteiger charge is -2.32. The third kappa shape index (κ3) is 2.33. The van der Waals surface area contributed by atoms with Gasteiger partial charge in [0.05, 0.1) is 17.4 Å². The first-order chi connectivity index (χ1) is 6.74. The van der Waals surface area contributed by atoms with E-state index in [1.807, 2.05) is 0 Å². The molecule has 1 aliphatic rings. The second kappa shape index (κ2) is 4.11. The maximum atomic E-state index is 5.68. The fourth-order valence-corrected chi connectivity index (χ4v) is 1.69. The number of nitrogens with two attached hydrogens (primary N) is 1. The third-order valence-corrected chi connectivity index (χ3v) is 2.64. The van der Waals surface area contributed by atoms with E-state index in [0.717, 1.165) is 19.4 Å². The summed E-state index contributed by atoms with van der Waals surface area (Å²) in [5.41, 5.74) is 5.68. The lowest BCUT2D eigenvalue weighted by Crippen LogP contribution is -2.39. The van der Waals surface area contributed by atoms with Gasteiger partial charge in [-0.1, -0.05) is 11.6 Å². The summed E-state index contributed by atoms with van der Waals surface area (Å²) in [6, 6.07) is 0.396. The number of halogens is 1. The lowest BCUT2D eigenvalue weighted by atomic mass is 9.81. The molecule has 14 heavy (non-hydrogen) atoms. The van der Waals surface area contributed by atoms with Crippen molar-refractivity contribution < 1.29 is 0 Å². The molecule has 0 spiro atoms. The highest BCUT2D eigenvalue weighted by atomic mass is 35.5. The molecule has 1 aromatic rings. The Bertz CT molecular complexity index is 294. The summed E-state index contributed by atoms with van der Waals surface area (Å²) in [6.07, 6.45) is 5.37. The summed E-state index contributed by atoms with van der Waals surface area (Å²) in [7, 11) is 0. The largest absolute Gasteiger partial charge is 0.354 e. The molecular weight excluding hydrogens is 200 g/mol. The van der Waals surface area contributed by atoms with E-state index >= 15 is 0 Å². The summed E-state index contributed by atoms with van der Waals surface area (Å²) < 4.78 is 0. The maximum absolute atomic E-state index is 5.68. The van der Waals surface area contributed by atoms with Crippen molar-refractivity contribution in [2.75, 3.05) is 11.9 Å². The van der Waals surface area contributed by atoms with Crippen LogP contribution in [-0.2, 0) is 0 Å². The molecule has 0 amide bonds. The molecule has 1 heterocycles.